The van der Waals surface area contributed by atoms with Crippen molar-refractivity contribution in [1.29, 1.82) is 0 Å². The second kappa shape index (κ2) is 4.00. The molecule has 48 valence electrons. The van der Waals surface area contributed by atoms with E-state index in [1.165, 1.54) is 12.8 Å². The Hall–Kier alpha value is 0.0649. The fraction of sp³-hybridized carbons (Fsp3) is 1.00. The molecule has 0 aliphatic carbocycles. The third-order valence-electron chi connectivity index (χ3n) is 1.57. The molecule has 0 rings (SSSR count). The molecule has 0 saturated carbocycles. The van der Waals surface area contributed by atoms with E-state index in [1.54, 1.807) is 0 Å². The minimum absolute atomic E-state index is 0.880. The lowest BCUT2D eigenvalue weighted by Crippen LogP contribution is -1.95. The maximum atomic E-state index is 2.32. The second-order valence-corrected chi connectivity index (χ2v) is 3.14. The van der Waals surface area contributed by atoms with Crippen LogP contribution in [0.1, 0.15) is 33.6 Å². The van der Waals surface area contributed by atoms with Gasteiger partial charge in [0, 0.05) is 0 Å². The van der Waals surface area contributed by atoms with E-state index in [2.05, 4.69) is 28.6 Å². The second-order valence-electron chi connectivity index (χ2n) is 3.14. The molecule has 8 heavy (non-hydrogen) atoms. The van der Waals surface area contributed by atoms with Crippen molar-refractivity contribution in [1.82, 2.24) is 0 Å². The molecule has 0 aromatic heterocycles. The molecule has 1 heteroatoms. The van der Waals surface area contributed by atoms with Crippen molar-refractivity contribution in [3.63, 3.8) is 0 Å². The van der Waals surface area contributed by atoms with Gasteiger partial charge in [-0.2, -0.15) is 0 Å². The Morgan fingerprint density at radius 2 is 1.88 bits per heavy atom. The Balaban J connectivity index is 3.10. The highest BCUT2D eigenvalue weighted by molar-refractivity contribution is 6.11. The van der Waals surface area contributed by atoms with Crippen molar-refractivity contribution in [2.24, 2.45) is 5.92 Å². The highest BCUT2D eigenvalue weighted by Gasteiger charge is 2.00. The molecule has 0 spiro atoms. The standard InChI is InChI=1S/C7H17B/c1-4-6(2)5-7(3)8/h6-7H,4-5,8H2,1-3H3. The van der Waals surface area contributed by atoms with Crippen LogP contribution in [0, 0.1) is 5.92 Å². The van der Waals surface area contributed by atoms with Crippen LogP contribution in [0.2, 0.25) is 5.82 Å². The molecule has 0 bridgehead atoms. The maximum Gasteiger partial charge on any atom is 0.105 e. The molecule has 0 heterocycles. The van der Waals surface area contributed by atoms with Crippen LogP contribution < -0.4 is 0 Å². The molecule has 0 nitrogen and oxygen atoms in total. The van der Waals surface area contributed by atoms with E-state index in [0.29, 0.717) is 0 Å². The van der Waals surface area contributed by atoms with E-state index in [9.17, 15) is 0 Å². The summed E-state index contributed by atoms with van der Waals surface area (Å²) in [4.78, 5) is 0. The molecule has 2 unspecified atom stereocenters. The average Bonchev–Trinajstić information content (AvgIpc) is 1.65. The molecule has 2 atom stereocenters. The highest BCUT2D eigenvalue weighted by Crippen LogP contribution is 2.15. The first-order valence-electron chi connectivity index (χ1n) is 3.66. The molecule has 0 fully saturated rings. The summed E-state index contributed by atoms with van der Waals surface area (Å²) in [7, 11) is 2.28. The number of rotatable bonds is 3. The van der Waals surface area contributed by atoms with Gasteiger partial charge in [0.25, 0.3) is 0 Å². The van der Waals surface area contributed by atoms with Gasteiger partial charge in [0.2, 0.25) is 0 Å². The first-order valence-corrected chi connectivity index (χ1v) is 3.66. The van der Waals surface area contributed by atoms with Gasteiger partial charge in [-0.15, -0.1) is 0 Å². The van der Waals surface area contributed by atoms with E-state index >= 15 is 0 Å². The quantitative estimate of drug-likeness (QED) is 0.489. The van der Waals surface area contributed by atoms with Crippen molar-refractivity contribution in [2.45, 2.75) is 39.4 Å². The summed E-state index contributed by atoms with van der Waals surface area (Å²) >= 11 is 0. The Morgan fingerprint density at radius 3 is 2.00 bits per heavy atom. The zero-order valence-electron chi connectivity index (χ0n) is 6.57. The van der Waals surface area contributed by atoms with E-state index in [1.807, 2.05) is 0 Å². The van der Waals surface area contributed by atoms with Gasteiger partial charge in [0.1, 0.15) is 7.85 Å². The van der Waals surface area contributed by atoms with Crippen molar-refractivity contribution in [2.75, 3.05) is 0 Å². The fourth-order valence-corrected chi connectivity index (χ4v) is 0.971. The van der Waals surface area contributed by atoms with Gasteiger partial charge in [0.15, 0.2) is 0 Å². The summed E-state index contributed by atoms with van der Waals surface area (Å²) in [6.07, 6.45) is 2.72. The molecule has 0 N–H and O–H groups in total. The molecule has 0 amide bonds. The number of hydrogen-bond donors (Lipinski definition) is 0. The van der Waals surface area contributed by atoms with Crippen molar-refractivity contribution >= 4 is 7.85 Å². The van der Waals surface area contributed by atoms with Gasteiger partial charge in [-0.25, -0.2) is 0 Å². The Labute approximate surface area is 54.1 Å². The van der Waals surface area contributed by atoms with Crippen molar-refractivity contribution < 1.29 is 0 Å². The lowest BCUT2D eigenvalue weighted by atomic mass is 9.81. The fourth-order valence-electron chi connectivity index (χ4n) is 0.971. The van der Waals surface area contributed by atoms with Crippen LogP contribution in [0.5, 0.6) is 0 Å². The van der Waals surface area contributed by atoms with Gasteiger partial charge in [-0.1, -0.05) is 39.4 Å². The molecule has 0 saturated heterocycles. The Bertz CT molecular complexity index is 50.3. The molecule has 0 aromatic rings. The topological polar surface area (TPSA) is 0 Å². The normalized spacial score (nSPS) is 17.9. The summed E-state index contributed by atoms with van der Waals surface area (Å²) in [5.74, 6) is 1.81. The zero-order valence-corrected chi connectivity index (χ0v) is 6.57. The molecule has 0 radical (unpaired) electrons. The van der Waals surface area contributed by atoms with Crippen LogP contribution in [0.3, 0.4) is 0 Å². The van der Waals surface area contributed by atoms with Gasteiger partial charge < -0.3 is 0 Å². The van der Waals surface area contributed by atoms with E-state index in [0.717, 1.165) is 11.7 Å². The van der Waals surface area contributed by atoms with E-state index in [4.69, 9.17) is 0 Å². The third kappa shape index (κ3) is 4.23. The minimum atomic E-state index is 0.880. The largest absolute Gasteiger partial charge is 0.105 e. The van der Waals surface area contributed by atoms with Gasteiger partial charge in [0.05, 0.1) is 0 Å². The lowest BCUT2D eigenvalue weighted by Gasteiger charge is -2.09. The predicted octanol–water partition coefficient (Wildman–Crippen LogP) is 1.86. The Kier molecular flexibility index (Phi) is 4.03. The molecular formula is C7H17B. The lowest BCUT2D eigenvalue weighted by molar-refractivity contribution is 0.509. The maximum absolute atomic E-state index is 2.32. The van der Waals surface area contributed by atoms with Crippen molar-refractivity contribution in [3.05, 3.63) is 0 Å². The minimum Gasteiger partial charge on any atom is -0.0723 e. The van der Waals surface area contributed by atoms with Crippen LogP contribution in [-0.2, 0) is 0 Å². The smallest absolute Gasteiger partial charge is 0.0723 e. The molecule has 0 aliphatic heterocycles. The summed E-state index contributed by atoms with van der Waals surface area (Å²) < 4.78 is 0. The van der Waals surface area contributed by atoms with Crippen LogP contribution in [0.4, 0.5) is 0 Å². The van der Waals surface area contributed by atoms with Crippen LogP contribution in [-0.4, -0.2) is 7.85 Å². The molecular weight excluding hydrogens is 94.9 g/mol. The van der Waals surface area contributed by atoms with E-state index in [-0.39, 0.29) is 0 Å². The zero-order chi connectivity index (χ0) is 6.57. The van der Waals surface area contributed by atoms with Gasteiger partial charge in [-0.3, -0.25) is 0 Å². The summed E-state index contributed by atoms with van der Waals surface area (Å²) in [6.45, 7) is 6.86. The highest BCUT2D eigenvalue weighted by atomic mass is 14.0. The summed E-state index contributed by atoms with van der Waals surface area (Å²) in [5, 5.41) is 0. The molecule has 0 aliphatic rings. The first kappa shape index (κ1) is 8.06. The van der Waals surface area contributed by atoms with Crippen LogP contribution in [0.15, 0.2) is 0 Å². The third-order valence-corrected chi connectivity index (χ3v) is 1.57. The van der Waals surface area contributed by atoms with Crippen molar-refractivity contribution in [3.8, 4) is 0 Å². The van der Waals surface area contributed by atoms with Gasteiger partial charge >= 0.3 is 0 Å². The number of hydrogen-bond acceptors (Lipinski definition) is 0. The first-order chi connectivity index (χ1) is 3.66. The van der Waals surface area contributed by atoms with Crippen LogP contribution in [0.25, 0.3) is 0 Å². The van der Waals surface area contributed by atoms with Crippen LogP contribution >= 0.6 is 0 Å². The SMILES string of the molecule is BC(C)CC(C)CC. The van der Waals surface area contributed by atoms with Gasteiger partial charge in [-0.05, 0) is 5.92 Å². The summed E-state index contributed by atoms with van der Waals surface area (Å²) in [5.41, 5.74) is 0. The molecule has 0 aromatic carbocycles. The predicted molar refractivity (Wildman–Crippen MR) is 42.0 cm³/mol. The monoisotopic (exact) mass is 112 g/mol. The average molecular weight is 112 g/mol. The Morgan fingerprint density at radius 1 is 1.38 bits per heavy atom. The summed E-state index contributed by atoms with van der Waals surface area (Å²) in [6, 6.07) is 0. The van der Waals surface area contributed by atoms with E-state index < -0.39 is 0 Å².